The Morgan fingerprint density at radius 1 is 1.56 bits per heavy atom. The molecule has 0 fully saturated rings. The highest BCUT2D eigenvalue weighted by Gasteiger charge is 2.19. The Labute approximate surface area is 106 Å². The summed E-state index contributed by atoms with van der Waals surface area (Å²) in [6.07, 6.45) is 0. The lowest BCUT2D eigenvalue weighted by atomic mass is 10.1. The van der Waals surface area contributed by atoms with Crippen LogP contribution in [0.5, 0.6) is 5.75 Å². The maximum absolute atomic E-state index is 11.9. The lowest BCUT2D eigenvalue weighted by Gasteiger charge is -2.24. The molecule has 98 valence electrons. The number of nitrogens with two attached hydrogens (primary N) is 1. The van der Waals surface area contributed by atoms with Crippen molar-refractivity contribution in [1.82, 2.24) is 5.32 Å². The molecule has 0 bridgehead atoms. The SMILES string of the molecule is CCN(C(=O)NC(=N)N)c1c(C)cccc1OC. The van der Waals surface area contributed by atoms with E-state index in [1.54, 1.807) is 13.2 Å². The van der Waals surface area contributed by atoms with Crippen LogP contribution in [0, 0.1) is 12.3 Å². The van der Waals surface area contributed by atoms with Gasteiger partial charge >= 0.3 is 6.03 Å². The number of aryl methyl sites for hydroxylation is 1. The minimum absolute atomic E-state index is 0.383. The monoisotopic (exact) mass is 250 g/mol. The second-order valence-electron chi connectivity index (χ2n) is 3.71. The highest BCUT2D eigenvalue weighted by molar-refractivity contribution is 6.03. The van der Waals surface area contributed by atoms with Gasteiger partial charge in [-0.1, -0.05) is 12.1 Å². The minimum Gasteiger partial charge on any atom is -0.495 e. The number of carbonyl (C=O) groups excluding carboxylic acids is 1. The van der Waals surface area contributed by atoms with Crippen LogP contribution >= 0.6 is 0 Å². The van der Waals surface area contributed by atoms with Gasteiger partial charge in [0.15, 0.2) is 5.96 Å². The average molecular weight is 250 g/mol. The lowest BCUT2D eigenvalue weighted by Crippen LogP contribution is -2.45. The van der Waals surface area contributed by atoms with Crippen LogP contribution in [0.1, 0.15) is 12.5 Å². The molecular weight excluding hydrogens is 232 g/mol. The molecule has 0 heterocycles. The molecule has 6 nitrogen and oxygen atoms in total. The number of benzene rings is 1. The van der Waals surface area contributed by atoms with E-state index in [1.807, 2.05) is 26.0 Å². The van der Waals surface area contributed by atoms with E-state index < -0.39 is 6.03 Å². The first-order valence-electron chi connectivity index (χ1n) is 5.57. The predicted molar refractivity (Wildman–Crippen MR) is 71.2 cm³/mol. The minimum atomic E-state index is -0.447. The number of hydrogen-bond acceptors (Lipinski definition) is 3. The number of ether oxygens (including phenoxy) is 1. The molecular formula is C12H18N4O2. The van der Waals surface area contributed by atoms with Gasteiger partial charge in [-0.15, -0.1) is 0 Å². The van der Waals surface area contributed by atoms with Crippen molar-refractivity contribution in [3.05, 3.63) is 23.8 Å². The fraction of sp³-hybridized carbons (Fsp3) is 0.333. The summed E-state index contributed by atoms with van der Waals surface area (Å²) < 4.78 is 5.26. The summed E-state index contributed by atoms with van der Waals surface area (Å²) >= 11 is 0. The molecule has 0 aliphatic heterocycles. The third-order valence-electron chi connectivity index (χ3n) is 2.49. The van der Waals surface area contributed by atoms with E-state index in [-0.39, 0.29) is 5.96 Å². The smallest absolute Gasteiger partial charge is 0.328 e. The molecule has 0 saturated heterocycles. The summed E-state index contributed by atoms with van der Waals surface area (Å²) in [6.45, 7) is 4.17. The highest BCUT2D eigenvalue weighted by Crippen LogP contribution is 2.31. The third kappa shape index (κ3) is 2.91. The van der Waals surface area contributed by atoms with Crippen molar-refractivity contribution >= 4 is 17.7 Å². The van der Waals surface area contributed by atoms with Gasteiger partial charge in [-0.2, -0.15) is 0 Å². The Bertz CT molecular complexity index is 459. The van der Waals surface area contributed by atoms with Crippen LogP contribution < -0.4 is 20.7 Å². The maximum atomic E-state index is 11.9. The van der Waals surface area contributed by atoms with Crippen molar-refractivity contribution in [2.45, 2.75) is 13.8 Å². The van der Waals surface area contributed by atoms with E-state index in [0.29, 0.717) is 18.0 Å². The standard InChI is InChI=1S/C12H18N4O2/c1-4-16(12(17)15-11(13)14)10-8(2)6-5-7-9(10)18-3/h5-7H,4H2,1-3H3,(H4,13,14,15,17). The van der Waals surface area contributed by atoms with E-state index in [0.717, 1.165) is 5.56 Å². The second-order valence-corrected chi connectivity index (χ2v) is 3.71. The first kappa shape index (κ1) is 13.8. The normalized spacial score (nSPS) is 9.72. The van der Waals surface area contributed by atoms with Crippen molar-refractivity contribution in [2.75, 3.05) is 18.6 Å². The number of para-hydroxylation sites is 1. The zero-order chi connectivity index (χ0) is 13.7. The Morgan fingerprint density at radius 3 is 2.72 bits per heavy atom. The van der Waals surface area contributed by atoms with Gasteiger partial charge in [0.05, 0.1) is 12.8 Å². The van der Waals surface area contributed by atoms with Crippen LogP contribution in [0.3, 0.4) is 0 Å². The van der Waals surface area contributed by atoms with Gasteiger partial charge in [0.1, 0.15) is 5.75 Å². The van der Waals surface area contributed by atoms with Crippen LogP contribution in [0.4, 0.5) is 10.5 Å². The zero-order valence-electron chi connectivity index (χ0n) is 10.8. The number of rotatable bonds is 3. The Hall–Kier alpha value is -2.24. The van der Waals surface area contributed by atoms with Crippen molar-refractivity contribution in [2.24, 2.45) is 5.73 Å². The Morgan fingerprint density at radius 2 is 2.22 bits per heavy atom. The summed E-state index contributed by atoms with van der Waals surface area (Å²) in [6, 6.07) is 5.08. The fourth-order valence-electron chi connectivity index (χ4n) is 1.73. The van der Waals surface area contributed by atoms with Gasteiger partial charge in [-0.05, 0) is 25.5 Å². The quantitative estimate of drug-likeness (QED) is 0.560. The predicted octanol–water partition coefficient (Wildman–Crippen LogP) is 1.43. The average Bonchev–Trinajstić information content (AvgIpc) is 2.31. The number of urea groups is 1. The molecule has 4 N–H and O–H groups in total. The Kier molecular flexibility index (Phi) is 4.53. The largest absolute Gasteiger partial charge is 0.495 e. The molecule has 18 heavy (non-hydrogen) atoms. The van der Waals surface area contributed by atoms with Crippen molar-refractivity contribution < 1.29 is 9.53 Å². The van der Waals surface area contributed by atoms with Crippen molar-refractivity contribution in [3.63, 3.8) is 0 Å². The van der Waals surface area contributed by atoms with E-state index in [4.69, 9.17) is 15.9 Å². The number of carbonyl (C=O) groups is 1. The molecule has 0 spiro atoms. The van der Waals surface area contributed by atoms with Crippen LogP contribution in [0.25, 0.3) is 0 Å². The number of nitrogens with zero attached hydrogens (tertiary/aromatic N) is 1. The maximum Gasteiger partial charge on any atom is 0.328 e. The van der Waals surface area contributed by atoms with Gasteiger partial charge in [-0.25, -0.2) is 4.79 Å². The third-order valence-corrected chi connectivity index (χ3v) is 2.49. The molecule has 1 rings (SSSR count). The number of amides is 2. The molecule has 0 unspecified atom stereocenters. The number of nitrogens with one attached hydrogen (secondary N) is 2. The van der Waals surface area contributed by atoms with E-state index in [9.17, 15) is 4.79 Å². The summed E-state index contributed by atoms with van der Waals surface area (Å²) in [7, 11) is 1.55. The van der Waals surface area contributed by atoms with Crippen LogP contribution in [0.2, 0.25) is 0 Å². The van der Waals surface area contributed by atoms with Crippen LogP contribution in [0.15, 0.2) is 18.2 Å². The van der Waals surface area contributed by atoms with E-state index in [2.05, 4.69) is 5.32 Å². The molecule has 6 heteroatoms. The number of methoxy groups -OCH3 is 1. The molecule has 1 aromatic rings. The van der Waals surface area contributed by atoms with Gasteiger partial charge in [-0.3, -0.25) is 15.6 Å². The van der Waals surface area contributed by atoms with Gasteiger partial charge in [0.25, 0.3) is 0 Å². The lowest BCUT2D eigenvalue weighted by molar-refractivity contribution is 0.250. The molecule has 1 aromatic carbocycles. The summed E-state index contributed by atoms with van der Waals surface area (Å²) in [5.74, 6) is 0.224. The summed E-state index contributed by atoms with van der Waals surface area (Å²) in [5, 5.41) is 9.36. The van der Waals surface area contributed by atoms with Crippen molar-refractivity contribution in [1.29, 1.82) is 5.41 Å². The van der Waals surface area contributed by atoms with Gasteiger partial charge in [0.2, 0.25) is 0 Å². The molecule has 0 aromatic heterocycles. The molecule has 0 aliphatic rings. The number of anilines is 1. The fourth-order valence-corrected chi connectivity index (χ4v) is 1.73. The number of hydrogen-bond donors (Lipinski definition) is 3. The van der Waals surface area contributed by atoms with Crippen LogP contribution in [-0.4, -0.2) is 25.6 Å². The second kappa shape index (κ2) is 5.90. The highest BCUT2D eigenvalue weighted by atomic mass is 16.5. The first-order valence-corrected chi connectivity index (χ1v) is 5.57. The van der Waals surface area contributed by atoms with Crippen molar-refractivity contribution in [3.8, 4) is 5.75 Å². The van der Waals surface area contributed by atoms with Gasteiger partial charge in [0, 0.05) is 6.54 Å². The molecule has 0 atom stereocenters. The molecule has 0 radical (unpaired) electrons. The first-order chi connectivity index (χ1) is 8.51. The van der Waals surface area contributed by atoms with Gasteiger partial charge < -0.3 is 10.5 Å². The molecule has 0 aliphatic carbocycles. The van der Waals surface area contributed by atoms with E-state index >= 15 is 0 Å². The molecule has 0 saturated carbocycles. The Balaban J connectivity index is 3.16. The summed E-state index contributed by atoms with van der Waals surface area (Å²) in [5.41, 5.74) is 6.76. The zero-order valence-corrected chi connectivity index (χ0v) is 10.8. The van der Waals surface area contributed by atoms with Crippen LogP contribution in [-0.2, 0) is 0 Å². The number of guanidine groups is 1. The summed E-state index contributed by atoms with van der Waals surface area (Å²) in [4.78, 5) is 13.4. The van der Waals surface area contributed by atoms with E-state index in [1.165, 1.54) is 4.90 Å². The topological polar surface area (TPSA) is 91.4 Å². The molecule has 2 amide bonds.